The number of aromatic amines is 1. The number of hydrogen-bond acceptors (Lipinski definition) is 4. The zero-order chi connectivity index (χ0) is 14.7. The molecular weight excluding hydrogens is 260 g/mol. The first-order valence-corrected chi connectivity index (χ1v) is 6.28. The maximum absolute atomic E-state index is 11.8. The Bertz CT molecular complexity index is 650. The number of pyridine rings is 1. The number of H-pyrrole nitrogens is 1. The summed E-state index contributed by atoms with van der Waals surface area (Å²) in [6, 6.07) is 1.79. The number of amides is 1. The van der Waals surface area contributed by atoms with Gasteiger partial charge in [-0.05, 0) is 18.9 Å². The van der Waals surface area contributed by atoms with E-state index in [2.05, 4.69) is 20.5 Å². The van der Waals surface area contributed by atoms with Gasteiger partial charge in [0.15, 0.2) is 5.65 Å². The van der Waals surface area contributed by atoms with Crippen molar-refractivity contribution in [1.82, 2.24) is 15.2 Å². The summed E-state index contributed by atoms with van der Waals surface area (Å²) in [6.45, 7) is 3.60. The molecule has 1 amide bonds. The van der Waals surface area contributed by atoms with Gasteiger partial charge in [0.2, 0.25) is 5.91 Å². The van der Waals surface area contributed by atoms with Crippen LogP contribution < -0.4 is 5.32 Å². The van der Waals surface area contributed by atoms with Gasteiger partial charge < -0.3 is 10.4 Å². The second-order valence-corrected chi connectivity index (χ2v) is 4.90. The van der Waals surface area contributed by atoms with E-state index in [1.165, 1.54) is 6.20 Å². The molecule has 2 aromatic rings. The molecule has 2 rings (SSSR count). The van der Waals surface area contributed by atoms with Gasteiger partial charge in [0.1, 0.15) is 0 Å². The third-order valence-electron chi connectivity index (χ3n) is 2.94. The van der Waals surface area contributed by atoms with E-state index in [-0.39, 0.29) is 24.7 Å². The second kappa shape index (κ2) is 5.68. The van der Waals surface area contributed by atoms with Gasteiger partial charge in [-0.25, -0.2) is 4.98 Å². The number of aromatic nitrogens is 3. The molecule has 0 spiro atoms. The van der Waals surface area contributed by atoms with Crippen molar-refractivity contribution in [3.05, 3.63) is 18.0 Å². The Kier molecular flexibility index (Phi) is 3.97. The number of carbonyl (C=O) groups excluding carboxylic acids is 1. The van der Waals surface area contributed by atoms with Crippen LogP contribution in [0.2, 0.25) is 0 Å². The van der Waals surface area contributed by atoms with E-state index in [1.807, 2.05) is 6.92 Å². The molecule has 7 nitrogen and oxygen atoms in total. The fourth-order valence-electron chi connectivity index (χ4n) is 1.99. The fourth-order valence-corrected chi connectivity index (χ4v) is 1.99. The first-order valence-electron chi connectivity index (χ1n) is 6.28. The van der Waals surface area contributed by atoms with Gasteiger partial charge in [0, 0.05) is 23.9 Å². The number of anilines is 1. The molecule has 7 heteroatoms. The summed E-state index contributed by atoms with van der Waals surface area (Å²) in [5, 5.41) is 19.1. The normalized spacial score (nSPS) is 12.3. The van der Waals surface area contributed by atoms with E-state index >= 15 is 0 Å². The minimum Gasteiger partial charge on any atom is -0.481 e. The first-order chi connectivity index (χ1) is 9.45. The minimum absolute atomic E-state index is 0.0223. The van der Waals surface area contributed by atoms with Crippen LogP contribution in [0.4, 0.5) is 5.69 Å². The number of carboxylic acids is 1. The van der Waals surface area contributed by atoms with E-state index in [1.54, 1.807) is 13.0 Å². The van der Waals surface area contributed by atoms with Crippen molar-refractivity contribution >= 4 is 28.6 Å². The summed E-state index contributed by atoms with van der Waals surface area (Å²) in [4.78, 5) is 26.5. The van der Waals surface area contributed by atoms with Crippen molar-refractivity contribution in [1.29, 1.82) is 0 Å². The lowest BCUT2D eigenvalue weighted by atomic mass is 10.0. The summed E-state index contributed by atoms with van der Waals surface area (Å²) < 4.78 is 0. The molecule has 1 unspecified atom stereocenters. The molecule has 3 N–H and O–H groups in total. The van der Waals surface area contributed by atoms with E-state index in [4.69, 9.17) is 5.11 Å². The van der Waals surface area contributed by atoms with Crippen LogP contribution in [0.25, 0.3) is 11.0 Å². The largest absolute Gasteiger partial charge is 0.481 e. The van der Waals surface area contributed by atoms with Crippen molar-refractivity contribution in [3.8, 4) is 0 Å². The number of hydrogen-bond donors (Lipinski definition) is 3. The lowest BCUT2D eigenvalue weighted by Crippen LogP contribution is -2.17. The second-order valence-electron chi connectivity index (χ2n) is 4.90. The van der Waals surface area contributed by atoms with Gasteiger partial charge in [-0.3, -0.25) is 14.7 Å². The molecule has 0 aliphatic rings. The third kappa shape index (κ3) is 3.31. The summed E-state index contributed by atoms with van der Waals surface area (Å²) in [6.07, 6.45) is 1.67. The number of nitrogens with one attached hydrogen (secondary N) is 2. The molecule has 0 aliphatic carbocycles. The molecule has 2 aromatic heterocycles. The standard InChI is InChI=1S/C13H16N4O3/c1-7(4-12(19)20)3-11(18)15-9-5-10-8(2)16-17-13(10)14-6-9/h5-7H,3-4H2,1-2H3,(H,15,18)(H,19,20)(H,14,16,17). The van der Waals surface area contributed by atoms with Crippen LogP contribution in [0.5, 0.6) is 0 Å². The van der Waals surface area contributed by atoms with Crippen molar-refractivity contribution in [2.45, 2.75) is 26.7 Å². The molecule has 0 saturated heterocycles. The molecule has 1 atom stereocenters. The molecule has 106 valence electrons. The predicted octanol–water partition coefficient (Wildman–Crippen LogP) is 1.71. The predicted molar refractivity (Wildman–Crippen MR) is 73.3 cm³/mol. The van der Waals surface area contributed by atoms with Crippen LogP contribution in [0, 0.1) is 12.8 Å². The monoisotopic (exact) mass is 276 g/mol. The van der Waals surface area contributed by atoms with Gasteiger partial charge in [-0.15, -0.1) is 0 Å². The van der Waals surface area contributed by atoms with Gasteiger partial charge in [-0.1, -0.05) is 6.92 Å². The summed E-state index contributed by atoms with van der Waals surface area (Å²) >= 11 is 0. The van der Waals surface area contributed by atoms with Crippen LogP contribution in [-0.4, -0.2) is 32.2 Å². The van der Waals surface area contributed by atoms with Crippen LogP contribution >= 0.6 is 0 Å². The summed E-state index contributed by atoms with van der Waals surface area (Å²) in [5.74, 6) is -1.33. The van der Waals surface area contributed by atoms with Crippen molar-refractivity contribution < 1.29 is 14.7 Å². The number of carbonyl (C=O) groups is 2. The average Bonchev–Trinajstić information content (AvgIpc) is 2.69. The number of aliphatic carboxylic acids is 1. The van der Waals surface area contributed by atoms with E-state index in [0.29, 0.717) is 11.3 Å². The Hall–Kier alpha value is -2.44. The molecule has 0 bridgehead atoms. The molecule has 0 fully saturated rings. The molecular formula is C13H16N4O3. The fraction of sp³-hybridized carbons (Fsp3) is 0.385. The SMILES string of the molecule is Cc1[nH]nc2ncc(NC(=O)CC(C)CC(=O)O)cc12. The van der Waals surface area contributed by atoms with Crippen molar-refractivity contribution in [2.24, 2.45) is 5.92 Å². The third-order valence-corrected chi connectivity index (χ3v) is 2.94. The van der Waals surface area contributed by atoms with E-state index in [9.17, 15) is 9.59 Å². The smallest absolute Gasteiger partial charge is 0.303 e. The maximum atomic E-state index is 11.8. The highest BCUT2D eigenvalue weighted by atomic mass is 16.4. The number of carboxylic acid groups (broad SMARTS) is 1. The topological polar surface area (TPSA) is 108 Å². The van der Waals surface area contributed by atoms with E-state index in [0.717, 1.165) is 11.1 Å². The number of rotatable bonds is 5. The molecule has 0 saturated carbocycles. The molecule has 0 aliphatic heterocycles. The molecule has 0 aromatic carbocycles. The van der Waals surface area contributed by atoms with Crippen molar-refractivity contribution in [2.75, 3.05) is 5.32 Å². The Morgan fingerprint density at radius 1 is 1.45 bits per heavy atom. The van der Waals surface area contributed by atoms with Crippen LogP contribution in [-0.2, 0) is 9.59 Å². The summed E-state index contributed by atoms with van der Waals surface area (Å²) in [7, 11) is 0. The van der Waals surface area contributed by atoms with E-state index < -0.39 is 5.97 Å². The Labute approximate surface area is 115 Å². The van der Waals surface area contributed by atoms with Gasteiger partial charge in [0.05, 0.1) is 11.9 Å². The number of nitrogens with zero attached hydrogens (tertiary/aromatic N) is 2. The average molecular weight is 276 g/mol. The first kappa shape index (κ1) is 14.0. The lowest BCUT2D eigenvalue weighted by Gasteiger charge is -2.09. The molecule has 2 heterocycles. The zero-order valence-electron chi connectivity index (χ0n) is 11.3. The Morgan fingerprint density at radius 2 is 2.20 bits per heavy atom. The minimum atomic E-state index is -0.901. The van der Waals surface area contributed by atoms with Gasteiger partial charge in [-0.2, -0.15) is 5.10 Å². The lowest BCUT2D eigenvalue weighted by molar-refractivity contribution is -0.138. The van der Waals surface area contributed by atoms with Crippen LogP contribution in [0.15, 0.2) is 12.3 Å². The molecule has 20 heavy (non-hydrogen) atoms. The zero-order valence-corrected chi connectivity index (χ0v) is 11.3. The van der Waals surface area contributed by atoms with Gasteiger partial charge in [0.25, 0.3) is 0 Å². The number of aryl methyl sites for hydroxylation is 1. The van der Waals surface area contributed by atoms with Crippen LogP contribution in [0.1, 0.15) is 25.5 Å². The maximum Gasteiger partial charge on any atom is 0.303 e. The highest BCUT2D eigenvalue weighted by Gasteiger charge is 2.13. The highest BCUT2D eigenvalue weighted by molar-refractivity contribution is 5.93. The van der Waals surface area contributed by atoms with Gasteiger partial charge >= 0.3 is 5.97 Å². The molecule has 0 radical (unpaired) electrons. The quantitative estimate of drug-likeness (QED) is 0.770. The number of fused-ring (bicyclic) bond motifs is 1. The summed E-state index contributed by atoms with van der Waals surface area (Å²) in [5.41, 5.74) is 2.05. The van der Waals surface area contributed by atoms with Crippen LogP contribution in [0.3, 0.4) is 0 Å². The highest BCUT2D eigenvalue weighted by Crippen LogP contribution is 2.18. The Balaban J connectivity index is 2.02. The van der Waals surface area contributed by atoms with Crippen molar-refractivity contribution in [3.63, 3.8) is 0 Å². The Morgan fingerprint density at radius 3 is 2.90 bits per heavy atom.